The lowest BCUT2D eigenvalue weighted by Crippen LogP contribution is -2.25. The third-order valence-corrected chi connectivity index (χ3v) is 2.65. The first-order valence-electron chi connectivity index (χ1n) is 6.31. The predicted molar refractivity (Wildman–Crippen MR) is 71.5 cm³/mol. The largest absolute Gasteiger partial charge is 0.466 e. The Hall–Kier alpha value is -2.52. The topological polar surface area (TPSA) is 68.5 Å². The maximum atomic E-state index is 11.5. The molecule has 2 rings (SSSR count). The van der Waals surface area contributed by atoms with Crippen LogP contribution in [0.3, 0.4) is 0 Å². The number of carbonyl (C=O) groups is 2. The Balaban J connectivity index is 1.59. The molecule has 0 aromatic carbocycles. The fourth-order valence-electron chi connectivity index (χ4n) is 1.59. The van der Waals surface area contributed by atoms with E-state index in [1.165, 1.54) is 6.26 Å². The van der Waals surface area contributed by atoms with Gasteiger partial charge in [0.25, 0.3) is 0 Å². The molecule has 1 amide bonds. The number of amides is 1. The van der Waals surface area contributed by atoms with Gasteiger partial charge in [0, 0.05) is 18.5 Å². The van der Waals surface area contributed by atoms with Gasteiger partial charge >= 0.3 is 5.97 Å². The van der Waals surface area contributed by atoms with Gasteiger partial charge in [0.15, 0.2) is 0 Å². The Morgan fingerprint density at radius 2 is 2.25 bits per heavy atom. The first kappa shape index (κ1) is 13.9. The van der Waals surface area contributed by atoms with Crippen LogP contribution in [0, 0.1) is 0 Å². The van der Waals surface area contributed by atoms with E-state index in [2.05, 4.69) is 11.0 Å². The summed E-state index contributed by atoms with van der Waals surface area (Å²) < 4.78 is 10.00. The molecule has 5 nitrogen and oxygen atoms in total. The van der Waals surface area contributed by atoms with Gasteiger partial charge in [-0.25, -0.2) is 0 Å². The lowest BCUT2D eigenvalue weighted by molar-refractivity contribution is -0.146. The highest BCUT2D eigenvalue weighted by atomic mass is 16.5. The highest BCUT2D eigenvalue weighted by molar-refractivity contribution is 5.81. The average Bonchev–Trinajstić information content (AvgIpc) is 3.13. The molecule has 0 atom stereocenters. The van der Waals surface area contributed by atoms with E-state index in [0.29, 0.717) is 12.3 Å². The van der Waals surface area contributed by atoms with Crippen LogP contribution in [0.1, 0.15) is 18.6 Å². The standard InChI is InChI=1S/C15H15NO4/c17-14(16-10-12-4-1-2-5-12)7-8-15(18)20-11-13-6-3-9-19-13/h1-4,6,9H,7-8,10-11H2,(H,16,17). The van der Waals surface area contributed by atoms with Gasteiger partial charge in [0.2, 0.25) is 5.91 Å². The minimum atomic E-state index is -0.420. The molecular weight excluding hydrogens is 258 g/mol. The second-order valence-electron chi connectivity index (χ2n) is 4.21. The summed E-state index contributed by atoms with van der Waals surface area (Å²) in [5.74, 6) is -0.0273. The van der Waals surface area contributed by atoms with Gasteiger partial charge in [-0.2, -0.15) is 0 Å². The van der Waals surface area contributed by atoms with Crippen molar-refractivity contribution < 1.29 is 18.7 Å². The third kappa shape index (κ3) is 4.63. The van der Waals surface area contributed by atoms with Gasteiger partial charge in [-0.1, -0.05) is 6.08 Å². The molecule has 1 N–H and O–H groups in total. The molecule has 1 aromatic rings. The molecule has 0 fully saturated rings. The predicted octanol–water partition coefficient (Wildman–Crippen LogP) is 1.87. The molecule has 1 aliphatic rings. The van der Waals surface area contributed by atoms with Crippen molar-refractivity contribution in [1.82, 2.24) is 5.32 Å². The molecule has 1 aliphatic carbocycles. The zero-order valence-corrected chi connectivity index (χ0v) is 10.9. The molecule has 0 unspecified atom stereocenters. The van der Waals surface area contributed by atoms with E-state index in [0.717, 1.165) is 5.57 Å². The van der Waals surface area contributed by atoms with Crippen LogP contribution in [0.25, 0.3) is 0 Å². The van der Waals surface area contributed by atoms with Gasteiger partial charge in [-0.15, -0.1) is 5.73 Å². The summed E-state index contributed by atoms with van der Waals surface area (Å²) in [6, 6.07) is 3.44. The lowest BCUT2D eigenvalue weighted by Gasteiger charge is -2.04. The van der Waals surface area contributed by atoms with Gasteiger partial charge in [0.05, 0.1) is 12.7 Å². The van der Waals surface area contributed by atoms with Crippen molar-refractivity contribution in [2.24, 2.45) is 0 Å². The molecule has 1 heterocycles. The molecule has 0 aliphatic heterocycles. The number of furan rings is 1. The fraction of sp³-hybridized carbons (Fsp3) is 0.267. The van der Waals surface area contributed by atoms with Crippen LogP contribution in [-0.4, -0.2) is 18.4 Å². The smallest absolute Gasteiger partial charge is 0.306 e. The van der Waals surface area contributed by atoms with Crippen LogP contribution < -0.4 is 5.32 Å². The van der Waals surface area contributed by atoms with Crippen LogP contribution in [0.5, 0.6) is 0 Å². The van der Waals surface area contributed by atoms with Crippen LogP contribution in [0.15, 0.2) is 52.3 Å². The Bertz CT molecular complexity index is 563. The maximum Gasteiger partial charge on any atom is 0.306 e. The highest BCUT2D eigenvalue weighted by Gasteiger charge is 2.09. The normalized spacial score (nSPS) is 12.3. The summed E-state index contributed by atoms with van der Waals surface area (Å²) in [7, 11) is 0. The molecule has 104 valence electrons. The van der Waals surface area contributed by atoms with Crippen molar-refractivity contribution in [3.63, 3.8) is 0 Å². The fourth-order valence-corrected chi connectivity index (χ4v) is 1.59. The van der Waals surface area contributed by atoms with Crippen molar-refractivity contribution in [2.45, 2.75) is 19.4 Å². The average molecular weight is 273 g/mol. The van der Waals surface area contributed by atoms with Crippen LogP contribution in [0.2, 0.25) is 0 Å². The Morgan fingerprint density at radius 3 is 2.95 bits per heavy atom. The van der Waals surface area contributed by atoms with Crippen LogP contribution >= 0.6 is 0 Å². The number of hydrogen-bond acceptors (Lipinski definition) is 4. The van der Waals surface area contributed by atoms with E-state index in [1.54, 1.807) is 18.2 Å². The monoisotopic (exact) mass is 273 g/mol. The summed E-state index contributed by atoms with van der Waals surface area (Å²) in [4.78, 5) is 22.9. The van der Waals surface area contributed by atoms with Gasteiger partial charge in [-0.05, 0) is 24.3 Å². The zero-order valence-electron chi connectivity index (χ0n) is 10.9. The molecule has 20 heavy (non-hydrogen) atoms. The van der Waals surface area contributed by atoms with Gasteiger partial charge < -0.3 is 14.5 Å². The number of nitrogens with one attached hydrogen (secondary N) is 1. The molecule has 0 saturated heterocycles. The molecule has 0 radical (unpaired) electrons. The number of allylic oxidation sites excluding steroid dienone is 1. The summed E-state index contributed by atoms with van der Waals surface area (Å²) >= 11 is 0. The minimum Gasteiger partial charge on any atom is -0.466 e. The number of hydrogen-bond donors (Lipinski definition) is 1. The van der Waals surface area contributed by atoms with Crippen molar-refractivity contribution >= 4 is 11.9 Å². The molecule has 0 saturated carbocycles. The van der Waals surface area contributed by atoms with Gasteiger partial charge in [-0.3, -0.25) is 9.59 Å². The van der Waals surface area contributed by atoms with Crippen molar-refractivity contribution in [3.05, 3.63) is 53.7 Å². The van der Waals surface area contributed by atoms with E-state index in [1.807, 2.05) is 12.2 Å². The Morgan fingerprint density at radius 1 is 1.35 bits per heavy atom. The van der Waals surface area contributed by atoms with E-state index in [4.69, 9.17) is 9.15 Å². The van der Waals surface area contributed by atoms with Crippen LogP contribution in [-0.2, 0) is 20.9 Å². The Kier molecular flexibility index (Phi) is 4.98. The van der Waals surface area contributed by atoms with E-state index >= 15 is 0 Å². The number of carbonyl (C=O) groups excluding carboxylic acids is 2. The third-order valence-electron chi connectivity index (χ3n) is 2.65. The van der Waals surface area contributed by atoms with Crippen molar-refractivity contribution in [3.8, 4) is 0 Å². The number of ether oxygens (including phenoxy) is 1. The molecular formula is C15H15NO4. The summed E-state index contributed by atoms with van der Waals surface area (Å²) in [5, 5.41) is 2.71. The first-order valence-corrected chi connectivity index (χ1v) is 6.31. The molecule has 0 spiro atoms. The van der Waals surface area contributed by atoms with Crippen molar-refractivity contribution in [1.29, 1.82) is 0 Å². The highest BCUT2D eigenvalue weighted by Crippen LogP contribution is 2.04. The molecule has 1 aromatic heterocycles. The number of esters is 1. The van der Waals surface area contributed by atoms with Crippen molar-refractivity contribution in [2.75, 3.05) is 6.54 Å². The number of rotatable bonds is 7. The minimum absolute atomic E-state index is 0.0528. The second-order valence-corrected chi connectivity index (χ2v) is 4.21. The quantitative estimate of drug-likeness (QED) is 0.608. The summed E-state index contributed by atoms with van der Waals surface area (Å²) in [6.45, 7) is 0.517. The zero-order chi connectivity index (χ0) is 14.2. The Labute approximate surface area is 116 Å². The molecule has 5 heteroatoms. The second kappa shape index (κ2) is 7.16. The molecule has 0 bridgehead atoms. The summed E-state index contributed by atoms with van der Waals surface area (Å²) in [6.07, 6.45) is 7.19. The van der Waals surface area contributed by atoms with E-state index in [-0.39, 0.29) is 25.4 Å². The summed E-state index contributed by atoms with van der Waals surface area (Å²) in [5.41, 5.74) is 3.89. The lowest BCUT2D eigenvalue weighted by atomic mass is 10.2. The van der Waals surface area contributed by atoms with E-state index < -0.39 is 5.97 Å². The van der Waals surface area contributed by atoms with E-state index in [9.17, 15) is 9.59 Å². The SMILES string of the molecule is O=C(CCC(=O)OCc1ccco1)NCC1=C=CC=C1. The van der Waals surface area contributed by atoms with Crippen LogP contribution in [0.4, 0.5) is 0 Å². The first-order chi connectivity index (χ1) is 9.74. The van der Waals surface area contributed by atoms with Gasteiger partial charge in [0.1, 0.15) is 12.4 Å². The maximum absolute atomic E-state index is 11.5.